The van der Waals surface area contributed by atoms with E-state index in [4.69, 9.17) is 4.42 Å². The molecule has 12 aromatic carbocycles. The van der Waals surface area contributed by atoms with Crippen molar-refractivity contribution >= 4 is 93.1 Å². The number of anilines is 3. The van der Waals surface area contributed by atoms with E-state index < -0.39 is 0 Å². The van der Waals surface area contributed by atoms with Crippen LogP contribution >= 0.6 is 0 Å². The summed E-state index contributed by atoms with van der Waals surface area (Å²) >= 11 is 0. The molecule has 2 aromatic heterocycles. The lowest BCUT2D eigenvalue weighted by atomic mass is 9.93. The van der Waals surface area contributed by atoms with Crippen LogP contribution in [0, 0.1) is 0 Å². The molecule has 0 fully saturated rings. The Labute approximate surface area is 399 Å². The topological polar surface area (TPSA) is 21.3 Å². The quantitative estimate of drug-likeness (QED) is 0.149. The molecule has 0 bridgehead atoms. The monoisotopic (exact) mass is 878 g/mol. The Kier molecular flexibility index (Phi) is 8.90. The van der Waals surface area contributed by atoms with Gasteiger partial charge in [0.15, 0.2) is 0 Å². The third-order valence-corrected chi connectivity index (χ3v) is 14.2. The highest BCUT2D eigenvalue weighted by Crippen LogP contribution is 2.44. The van der Waals surface area contributed by atoms with E-state index >= 15 is 0 Å². The number of benzene rings is 12. The van der Waals surface area contributed by atoms with E-state index in [2.05, 4.69) is 252 Å². The Morgan fingerprint density at radius 3 is 1.46 bits per heavy atom. The third kappa shape index (κ3) is 6.43. The molecule has 0 saturated heterocycles. The molecule has 14 rings (SSSR count). The number of rotatable bonds is 7. The van der Waals surface area contributed by atoms with Gasteiger partial charge in [-0.25, -0.2) is 0 Å². The number of para-hydroxylation sites is 3. The van der Waals surface area contributed by atoms with Gasteiger partial charge in [-0.15, -0.1) is 0 Å². The van der Waals surface area contributed by atoms with Crippen LogP contribution in [0.1, 0.15) is 0 Å². The van der Waals surface area contributed by atoms with Crippen molar-refractivity contribution < 1.29 is 4.42 Å². The van der Waals surface area contributed by atoms with Crippen LogP contribution in [0.25, 0.3) is 115 Å². The van der Waals surface area contributed by atoms with Crippen LogP contribution in [0.2, 0.25) is 0 Å². The van der Waals surface area contributed by atoms with E-state index in [1.807, 2.05) is 12.1 Å². The van der Waals surface area contributed by atoms with Gasteiger partial charge in [0, 0.05) is 44.0 Å². The summed E-state index contributed by atoms with van der Waals surface area (Å²) < 4.78 is 8.67. The van der Waals surface area contributed by atoms with Gasteiger partial charge in [-0.1, -0.05) is 170 Å². The smallest absolute Gasteiger partial charge is 0.136 e. The highest BCUT2D eigenvalue weighted by Gasteiger charge is 2.19. The van der Waals surface area contributed by atoms with Crippen LogP contribution in [0.3, 0.4) is 0 Å². The average Bonchev–Trinajstić information content (AvgIpc) is 3.97. The van der Waals surface area contributed by atoms with Gasteiger partial charge >= 0.3 is 0 Å². The lowest BCUT2D eigenvalue weighted by molar-refractivity contribution is 0.669. The Morgan fingerprint density at radius 1 is 0.290 bits per heavy atom. The van der Waals surface area contributed by atoms with E-state index in [0.29, 0.717) is 0 Å². The SMILES string of the molecule is c1ccc2c(-c3ccc(-n4c5ccccc5c5ccccc54)cc3)cc(-c3ccc(N(c4ccc(-c5ccc6c(c5)oc5ccccc56)cc4)c4cc5ccccc5c5ccccc45)cc3)cc2c1. The fourth-order valence-corrected chi connectivity index (χ4v) is 10.9. The predicted molar refractivity (Wildman–Crippen MR) is 292 cm³/mol. The Hall–Kier alpha value is -9.18. The van der Waals surface area contributed by atoms with Gasteiger partial charge in [0.1, 0.15) is 11.2 Å². The van der Waals surface area contributed by atoms with E-state index in [0.717, 1.165) is 61.4 Å². The average molecular weight is 879 g/mol. The van der Waals surface area contributed by atoms with Crippen molar-refractivity contribution in [1.82, 2.24) is 4.57 Å². The van der Waals surface area contributed by atoms with Gasteiger partial charge < -0.3 is 13.9 Å². The standard InChI is InChI=1S/C66H42N2O/c1-4-16-54-47(13-1)39-49(40-61(54)45-29-36-52(37-30-45)68-62-22-10-7-19-57(62)58-20-8-11-23-63(58)68)44-27-34-51(35-28-44)67(64-41-48-14-2-3-15-53(48)55-17-5-6-18-56(55)64)50-32-25-43(26-33-50)46-31-38-60-59-21-9-12-24-65(59)69-66(60)42-46/h1-42H. The Bertz CT molecular complexity index is 4240. The number of hydrogen-bond donors (Lipinski definition) is 0. The molecule has 3 nitrogen and oxygen atoms in total. The highest BCUT2D eigenvalue weighted by atomic mass is 16.3. The normalized spacial score (nSPS) is 11.8. The van der Waals surface area contributed by atoms with Crippen molar-refractivity contribution in [2.24, 2.45) is 0 Å². The van der Waals surface area contributed by atoms with Crippen molar-refractivity contribution in [2.45, 2.75) is 0 Å². The molecule has 0 unspecified atom stereocenters. The van der Waals surface area contributed by atoms with Crippen molar-refractivity contribution in [1.29, 1.82) is 0 Å². The van der Waals surface area contributed by atoms with Crippen molar-refractivity contribution in [2.75, 3.05) is 4.90 Å². The predicted octanol–water partition coefficient (Wildman–Crippen LogP) is 18.6. The Balaban J connectivity index is 0.862. The maximum atomic E-state index is 6.29. The molecule has 0 spiro atoms. The van der Waals surface area contributed by atoms with Crippen molar-refractivity contribution in [3.63, 3.8) is 0 Å². The number of nitrogens with zero attached hydrogens (tertiary/aromatic N) is 2. The maximum absolute atomic E-state index is 6.29. The second kappa shape index (κ2) is 15.7. The summed E-state index contributed by atoms with van der Waals surface area (Å²) in [6.45, 7) is 0. The van der Waals surface area contributed by atoms with E-state index in [-0.39, 0.29) is 0 Å². The summed E-state index contributed by atoms with van der Waals surface area (Å²) in [6.07, 6.45) is 0. The molecule has 0 aliphatic carbocycles. The second-order valence-corrected chi connectivity index (χ2v) is 18.1. The zero-order valence-corrected chi connectivity index (χ0v) is 37.6. The molecule has 3 heteroatoms. The van der Waals surface area contributed by atoms with Gasteiger partial charge in [0.25, 0.3) is 0 Å². The first kappa shape index (κ1) is 39.0. The molecule has 322 valence electrons. The molecule has 0 N–H and O–H groups in total. The fourth-order valence-electron chi connectivity index (χ4n) is 10.9. The van der Waals surface area contributed by atoms with Crippen LogP contribution in [-0.2, 0) is 0 Å². The van der Waals surface area contributed by atoms with Gasteiger partial charge in [0.2, 0.25) is 0 Å². The zero-order chi connectivity index (χ0) is 45.4. The van der Waals surface area contributed by atoms with Gasteiger partial charge in [-0.3, -0.25) is 0 Å². The van der Waals surface area contributed by atoms with Crippen molar-refractivity contribution in [3.05, 3.63) is 255 Å². The molecule has 0 saturated carbocycles. The van der Waals surface area contributed by atoms with E-state index in [1.54, 1.807) is 0 Å². The summed E-state index contributed by atoms with van der Waals surface area (Å²) in [6, 6.07) is 92.6. The first-order valence-corrected chi connectivity index (χ1v) is 23.6. The number of aromatic nitrogens is 1. The first-order valence-electron chi connectivity index (χ1n) is 23.6. The second-order valence-electron chi connectivity index (χ2n) is 18.1. The van der Waals surface area contributed by atoms with Gasteiger partial charge in [-0.2, -0.15) is 0 Å². The third-order valence-electron chi connectivity index (χ3n) is 14.2. The molecule has 14 aromatic rings. The van der Waals surface area contributed by atoms with E-state index in [1.165, 1.54) is 70.8 Å². The molecule has 0 aliphatic rings. The van der Waals surface area contributed by atoms with Crippen molar-refractivity contribution in [3.8, 4) is 39.1 Å². The van der Waals surface area contributed by atoms with Crippen LogP contribution in [0.15, 0.2) is 259 Å². The van der Waals surface area contributed by atoms with E-state index in [9.17, 15) is 0 Å². The molecular weight excluding hydrogens is 837 g/mol. The summed E-state index contributed by atoms with van der Waals surface area (Å²) in [7, 11) is 0. The number of hydrogen-bond acceptors (Lipinski definition) is 2. The lowest BCUT2D eigenvalue weighted by Gasteiger charge is -2.28. The van der Waals surface area contributed by atoms with Crippen LogP contribution < -0.4 is 4.90 Å². The van der Waals surface area contributed by atoms with Crippen LogP contribution in [-0.4, -0.2) is 4.57 Å². The molecule has 0 amide bonds. The summed E-state index contributed by atoms with van der Waals surface area (Å²) in [5, 5.41) is 12.1. The Morgan fingerprint density at radius 2 is 0.783 bits per heavy atom. The van der Waals surface area contributed by atoms with Gasteiger partial charge in [-0.05, 0) is 145 Å². The number of fused-ring (bicyclic) bond motifs is 10. The summed E-state index contributed by atoms with van der Waals surface area (Å²) in [5.74, 6) is 0. The molecule has 2 heterocycles. The minimum absolute atomic E-state index is 0.897. The largest absolute Gasteiger partial charge is 0.456 e. The molecular formula is C66H42N2O. The minimum atomic E-state index is 0.897. The molecule has 69 heavy (non-hydrogen) atoms. The maximum Gasteiger partial charge on any atom is 0.136 e. The molecule has 0 atom stereocenters. The number of furan rings is 1. The fraction of sp³-hybridized carbons (Fsp3) is 0. The highest BCUT2D eigenvalue weighted by molar-refractivity contribution is 6.15. The van der Waals surface area contributed by atoms with Gasteiger partial charge in [0.05, 0.1) is 16.7 Å². The minimum Gasteiger partial charge on any atom is -0.456 e. The van der Waals surface area contributed by atoms with Crippen LogP contribution in [0.5, 0.6) is 0 Å². The molecule has 0 radical (unpaired) electrons. The summed E-state index contributed by atoms with van der Waals surface area (Å²) in [5.41, 5.74) is 15.7. The molecule has 0 aliphatic heterocycles. The van der Waals surface area contributed by atoms with Crippen LogP contribution in [0.4, 0.5) is 17.1 Å². The summed E-state index contributed by atoms with van der Waals surface area (Å²) in [4.78, 5) is 2.41. The zero-order valence-electron chi connectivity index (χ0n) is 37.6. The lowest BCUT2D eigenvalue weighted by Crippen LogP contribution is -2.10. The first-order chi connectivity index (χ1) is 34.2.